The summed E-state index contributed by atoms with van der Waals surface area (Å²) in [6, 6.07) is 18.1. The van der Waals surface area contributed by atoms with Crippen molar-refractivity contribution >= 4 is 5.91 Å². The van der Waals surface area contributed by atoms with Gasteiger partial charge in [-0.3, -0.25) is 4.79 Å². The molecule has 5 nitrogen and oxygen atoms in total. The summed E-state index contributed by atoms with van der Waals surface area (Å²) in [6.45, 7) is 7.08. The van der Waals surface area contributed by atoms with Gasteiger partial charge in [0.25, 0.3) is 0 Å². The van der Waals surface area contributed by atoms with Gasteiger partial charge in [-0.1, -0.05) is 63.2 Å². The quantitative estimate of drug-likeness (QED) is 0.494. The lowest BCUT2D eigenvalue weighted by Crippen LogP contribution is -2.30. The normalized spacial score (nSPS) is 12.4. The Balaban J connectivity index is 1.47. The van der Waals surface area contributed by atoms with E-state index in [-0.39, 0.29) is 17.4 Å². The molecule has 0 aliphatic carbocycles. The van der Waals surface area contributed by atoms with E-state index >= 15 is 0 Å². The molecule has 0 saturated heterocycles. The number of aromatic nitrogens is 2. The molecule has 1 aromatic heterocycles. The van der Waals surface area contributed by atoms with E-state index in [4.69, 9.17) is 4.74 Å². The van der Waals surface area contributed by atoms with E-state index in [2.05, 4.69) is 48.2 Å². The molecule has 0 saturated carbocycles. The third-order valence-electron chi connectivity index (χ3n) is 5.03. The van der Waals surface area contributed by atoms with Gasteiger partial charge in [-0.15, -0.1) is 0 Å². The minimum atomic E-state index is -0.115. The molecule has 5 heteroatoms. The van der Waals surface area contributed by atoms with Gasteiger partial charge in [0.1, 0.15) is 11.6 Å². The number of carbonyl (C=O) groups excluding carboxylic acids is 1. The van der Waals surface area contributed by atoms with Gasteiger partial charge >= 0.3 is 0 Å². The van der Waals surface area contributed by atoms with Crippen LogP contribution in [0.25, 0.3) is 0 Å². The van der Waals surface area contributed by atoms with E-state index in [1.54, 1.807) is 12.4 Å². The largest absolute Gasteiger partial charge is 0.494 e. The average molecular weight is 406 g/mol. The van der Waals surface area contributed by atoms with Crippen LogP contribution in [0.4, 0.5) is 0 Å². The summed E-state index contributed by atoms with van der Waals surface area (Å²) in [6.07, 6.45) is 5.23. The van der Waals surface area contributed by atoms with Crippen molar-refractivity contribution < 1.29 is 9.53 Å². The molecule has 0 spiro atoms. The molecule has 30 heavy (non-hydrogen) atoms. The van der Waals surface area contributed by atoms with Crippen LogP contribution in [-0.4, -0.2) is 22.5 Å². The van der Waals surface area contributed by atoms with Crippen LogP contribution in [0.1, 0.15) is 56.6 Å². The number of imidazole rings is 1. The lowest BCUT2D eigenvalue weighted by Gasteiger charge is -2.19. The van der Waals surface area contributed by atoms with Crippen LogP contribution < -0.4 is 10.1 Å². The first-order valence-corrected chi connectivity index (χ1v) is 10.5. The molecule has 1 atom stereocenters. The molecule has 0 bridgehead atoms. The Kier molecular flexibility index (Phi) is 7.28. The lowest BCUT2D eigenvalue weighted by atomic mass is 9.87. The number of nitrogens with zero attached hydrogens (tertiary/aromatic N) is 1. The van der Waals surface area contributed by atoms with Crippen molar-refractivity contribution in [2.75, 3.05) is 6.61 Å². The van der Waals surface area contributed by atoms with Crippen LogP contribution in [-0.2, 0) is 16.6 Å². The van der Waals surface area contributed by atoms with Crippen LogP contribution in [0.5, 0.6) is 5.75 Å². The summed E-state index contributed by atoms with van der Waals surface area (Å²) in [5.41, 5.74) is 2.47. The third kappa shape index (κ3) is 6.48. The minimum Gasteiger partial charge on any atom is -0.494 e. The molecule has 0 radical (unpaired) electrons. The van der Waals surface area contributed by atoms with Crippen LogP contribution in [0.15, 0.2) is 67.0 Å². The highest BCUT2D eigenvalue weighted by Crippen LogP contribution is 2.24. The standard InChI is InChI=1S/C25H31N3O2/c1-25(2,3)20-11-13-21(14-12-20)30-17-7-10-24(29)28-22(18-23-26-15-16-27-23)19-8-5-4-6-9-19/h4-6,8-9,11-16,22H,7,10,17-18H2,1-3H3,(H,26,27)(H,28,29). The van der Waals surface area contributed by atoms with Gasteiger partial charge in [-0.2, -0.15) is 0 Å². The van der Waals surface area contributed by atoms with Crippen molar-refractivity contribution in [3.63, 3.8) is 0 Å². The maximum Gasteiger partial charge on any atom is 0.220 e. The summed E-state index contributed by atoms with van der Waals surface area (Å²) in [5.74, 6) is 1.71. The Labute approximate surface area is 178 Å². The Morgan fingerprint density at radius 1 is 1.10 bits per heavy atom. The number of hydrogen-bond donors (Lipinski definition) is 2. The molecule has 1 heterocycles. The second-order valence-corrected chi connectivity index (χ2v) is 8.50. The van der Waals surface area contributed by atoms with E-state index in [9.17, 15) is 4.79 Å². The van der Waals surface area contributed by atoms with E-state index in [0.29, 0.717) is 25.9 Å². The number of aromatic amines is 1. The zero-order chi connectivity index (χ0) is 21.4. The molecule has 1 unspecified atom stereocenters. The minimum absolute atomic E-state index is 0.0158. The maximum atomic E-state index is 12.5. The number of amides is 1. The van der Waals surface area contributed by atoms with E-state index in [1.165, 1.54) is 5.56 Å². The molecule has 1 amide bonds. The van der Waals surface area contributed by atoms with Crippen molar-refractivity contribution in [2.24, 2.45) is 0 Å². The maximum absolute atomic E-state index is 12.5. The second-order valence-electron chi connectivity index (χ2n) is 8.50. The fraction of sp³-hybridized carbons (Fsp3) is 0.360. The van der Waals surface area contributed by atoms with Gasteiger partial charge in [0.15, 0.2) is 0 Å². The molecule has 158 valence electrons. The predicted octanol–water partition coefficient (Wildman–Crippen LogP) is 4.97. The Morgan fingerprint density at radius 2 is 1.83 bits per heavy atom. The van der Waals surface area contributed by atoms with Gasteiger partial charge in [0.05, 0.1) is 12.6 Å². The second kappa shape index (κ2) is 10.1. The van der Waals surface area contributed by atoms with Crippen molar-refractivity contribution in [3.05, 3.63) is 83.9 Å². The fourth-order valence-electron chi connectivity index (χ4n) is 3.28. The van der Waals surface area contributed by atoms with Gasteiger partial charge < -0.3 is 15.0 Å². The number of H-pyrrole nitrogens is 1. The number of benzene rings is 2. The Bertz CT molecular complexity index is 898. The topological polar surface area (TPSA) is 67.0 Å². The zero-order valence-corrected chi connectivity index (χ0v) is 18.0. The monoisotopic (exact) mass is 405 g/mol. The van der Waals surface area contributed by atoms with E-state index < -0.39 is 0 Å². The lowest BCUT2D eigenvalue weighted by molar-refractivity contribution is -0.122. The smallest absolute Gasteiger partial charge is 0.220 e. The molecule has 0 aliphatic heterocycles. The summed E-state index contributed by atoms with van der Waals surface area (Å²) in [7, 11) is 0. The molecule has 3 aromatic rings. The van der Waals surface area contributed by atoms with Gasteiger partial charge in [-0.05, 0) is 35.1 Å². The summed E-state index contributed by atoms with van der Waals surface area (Å²) >= 11 is 0. The summed E-state index contributed by atoms with van der Waals surface area (Å²) in [4.78, 5) is 19.9. The predicted molar refractivity (Wildman–Crippen MR) is 119 cm³/mol. The highest BCUT2D eigenvalue weighted by Gasteiger charge is 2.16. The molecule has 0 fully saturated rings. The highest BCUT2D eigenvalue weighted by molar-refractivity contribution is 5.76. The third-order valence-corrected chi connectivity index (χ3v) is 5.03. The van der Waals surface area contributed by atoms with Gasteiger partial charge in [0.2, 0.25) is 5.91 Å². The molecular formula is C25H31N3O2. The first-order valence-electron chi connectivity index (χ1n) is 10.5. The molecule has 2 aromatic carbocycles. The van der Waals surface area contributed by atoms with E-state index in [1.807, 2.05) is 42.5 Å². The molecule has 0 aliphatic rings. The number of carbonyl (C=O) groups is 1. The van der Waals surface area contributed by atoms with Crippen LogP contribution >= 0.6 is 0 Å². The average Bonchev–Trinajstić information content (AvgIpc) is 3.24. The highest BCUT2D eigenvalue weighted by atomic mass is 16.5. The van der Waals surface area contributed by atoms with Crippen molar-refractivity contribution in [3.8, 4) is 5.75 Å². The Morgan fingerprint density at radius 3 is 2.47 bits per heavy atom. The van der Waals surface area contributed by atoms with Crippen molar-refractivity contribution in [1.82, 2.24) is 15.3 Å². The van der Waals surface area contributed by atoms with Crippen molar-refractivity contribution in [2.45, 2.75) is 51.5 Å². The summed E-state index contributed by atoms with van der Waals surface area (Å²) < 4.78 is 5.80. The fourth-order valence-corrected chi connectivity index (χ4v) is 3.28. The number of rotatable bonds is 9. The first-order chi connectivity index (χ1) is 14.4. The molecule has 3 rings (SSSR count). The number of ether oxygens (including phenoxy) is 1. The molecule has 2 N–H and O–H groups in total. The molecular weight excluding hydrogens is 374 g/mol. The zero-order valence-electron chi connectivity index (χ0n) is 18.0. The van der Waals surface area contributed by atoms with Crippen LogP contribution in [0, 0.1) is 0 Å². The van der Waals surface area contributed by atoms with Crippen LogP contribution in [0.2, 0.25) is 0 Å². The Hall–Kier alpha value is -3.08. The summed E-state index contributed by atoms with van der Waals surface area (Å²) in [5, 5.41) is 3.14. The number of hydrogen-bond acceptors (Lipinski definition) is 3. The number of nitrogens with one attached hydrogen (secondary N) is 2. The van der Waals surface area contributed by atoms with Crippen LogP contribution in [0.3, 0.4) is 0 Å². The van der Waals surface area contributed by atoms with E-state index in [0.717, 1.165) is 17.1 Å². The first kappa shape index (κ1) is 21.6. The SMILES string of the molecule is CC(C)(C)c1ccc(OCCCC(=O)NC(Cc2ncc[nH]2)c2ccccc2)cc1. The van der Waals surface area contributed by atoms with Gasteiger partial charge in [-0.25, -0.2) is 4.98 Å². The van der Waals surface area contributed by atoms with Gasteiger partial charge in [0, 0.05) is 25.2 Å². The van der Waals surface area contributed by atoms with Crippen molar-refractivity contribution in [1.29, 1.82) is 0 Å².